The lowest BCUT2D eigenvalue weighted by atomic mass is 10.2. The van der Waals surface area contributed by atoms with Crippen molar-refractivity contribution in [1.29, 1.82) is 0 Å². The molecule has 0 atom stereocenters. The highest BCUT2D eigenvalue weighted by molar-refractivity contribution is 9.10. The van der Waals surface area contributed by atoms with Crippen molar-refractivity contribution in [3.63, 3.8) is 0 Å². The number of rotatable bonds is 3. The van der Waals surface area contributed by atoms with Crippen LogP contribution in [0.15, 0.2) is 53.0 Å². The lowest BCUT2D eigenvalue weighted by Gasteiger charge is -2.07. The highest BCUT2D eigenvalue weighted by atomic mass is 79.9. The van der Waals surface area contributed by atoms with Crippen molar-refractivity contribution in [3.8, 4) is 0 Å². The first-order valence-electron chi connectivity index (χ1n) is 5.68. The quantitative estimate of drug-likeness (QED) is 0.853. The summed E-state index contributed by atoms with van der Waals surface area (Å²) in [7, 11) is 0. The molecular formula is C14H12BrClN2O. The first kappa shape index (κ1) is 13.9. The molecule has 0 saturated heterocycles. The van der Waals surface area contributed by atoms with E-state index in [2.05, 4.69) is 26.6 Å². The fraction of sp³-hybridized carbons (Fsp3) is 0.0714. The van der Waals surface area contributed by atoms with E-state index in [0.717, 1.165) is 15.7 Å². The summed E-state index contributed by atoms with van der Waals surface area (Å²) in [5.74, 6) is 0. The Balaban J connectivity index is 1.84. The molecule has 2 aromatic rings. The lowest BCUT2D eigenvalue weighted by molar-refractivity contribution is 0.251. The summed E-state index contributed by atoms with van der Waals surface area (Å²) in [6, 6.07) is 14.5. The number of anilines is 1. The van der Waals surface area contributed by atoms with E-state index in [1.807, 2.05) is 36.4 Å². The third kappa shape index (κ3) is 4.58. The fourth-order valence-electron chi connectivity index (χ4n) is 1.49. The number of hydrogen-bond donors (Lipinski definition) is 2. The average Bonchev–Trinajstić information content (AvgIpc) is 2.41. The molecule has 0 bridgehead atoms. The SMILES string of the molecule is O=C(NCc1ccc(Cl)cc1)Nc1ccc(Br)cc1. The van der Waals surface area contributed by atoms with Crippen LogP contribution in [0, 0.1) is 0 Å². The van der Waals surface area contributed by atoms with E-state index in [1.165, 1.54) is 0 Å². The summed E-state index contributed by atoms with van der Waals surface area (Å²) in [4.78, 5) is 11.7. The maximum atomic E-state index is 11.7. The summed E-state index contributed by atoms with van der Waals surface area (Å²) < 4.78 is 0.972. The Morgan fingerprint density at radius 1 is 1.05 bits per heavy atom. The van der Waals surface area contributed by atoms with Gasteiger partial charge in [-0.15, -0.1) is 0 Å². The number of nitrogens with one attached hydrogen (secondary N) is 2. The number of halogens is 2. The molecule has 2 N–H and O–H groups in total. The number of amides is 2. The van der Waals surface area contributed by atoms with E-state index in [0.29, 0.717) is 11.6 Å². The highest BCUT2D eigenvalue weighted by Crippen LogP contribution is 2.14. The summed E-state index contributed by atoms with van der Waals surface area (Å²) >= 11 is 9.13. The van der Waals surface area contributed by atoms with Crippen molar-refractivity contribution in [2.24, 2.45) is 0 Å². The number of benzene rings is 2. The smallest absolute Gasteiger partial charge is 0.319 e. The summed E-state index contributed by atoms with van der Waals surface area (Å²) in [6.45, 7) is 0.458. The van der Waals surface area contributed by atoms with Crippen molar-refractivity contribution in [1.82, 2.24) is 5.32 Å². The summed E-state index contributed by atoms with van der Waals surface area (Å²) in [6.07, 6.45) is 0. The van der Waals surface area contributed by atoms with Gasteiger partial charge in [-0.05, 0) is 42.0 Å². The van der Waals surface area contributed by atoms with Crippen LogP contribution in [-0.4, -0.2) is 6.03 Å². The highest BCUT2D eigenvalue weighted by Gasteiger charge is 2.01. The van der Waals surface area contributed by atoms with Gasteiger partial charge in [-0.3, -0.25) is 0 Å². The molecule has 0 radical (unpaired) electrons. The largest absolute Gasteiger partial charge is 0.334 e. The third-order valence-electron chi connectivity index (χ3n) is 2.47. The van der Waals surface area contributed by atoms with Gasteiger partial charge in [-0.1, -0.05) is 39.7 Å². The van der Waals surface area contributed by atoms with Gasteiger partial charge in [0.05, 0.1) is 0 Å². The van der Waals surface area contributed by atoms with Crippen LogP contribution < -0.4 is 10.6 Å². The second kappa shape index (κ2) is 6.59. The zero-order chi connectivity index (χ0) is 13.7. The fourth-order valence-corrected chi connectivity index (χ4v) is 1.88. The molecule has 0 aliphatic rings. The van der Waals surface area contributed by atoms with Crippen LogP contribution in [0.3, 0.4) is 0 Å². The van der Waals surface area contributed by atoms with Crippen LogP contribution in [0.2, 0.25) is 5.02 Å². The molecule has 0 aliphatic heterocycles. The van der Waals surface area contributed by atoms with Crippen LogP contribution in [-0.2, 0) is 6.54 Å². The zero-order valence-electron chi connectivity index (χ0n) is 9.99. The molecule has 2 aromatic carbocycles. The second-order valence-corrected chi connectivity index (χ2v) is 5.29. The van der Waals surface area contributed by atoms with E-state index in [4.69, 9.17) is 11.6 Å². The van der Waals surface area contributed by atoms with Crippen LogP contribution in [0.4, 0.5) is 10.5 Å². The van der Waals surface area contributed by atoms with E-state index in [9.17, 15) is 4.79 Å². The molecule has 0 unspecified atom stereocenters. The Kier molecular flexibility index (Phi) is 4.82. The van der Waals surface area contributed by atoms with Crippen molar-refractivity contribution in [3.05, 3.63) is 63.6 Å². The van der Waals surface area contributed by atoms with Gasteiger partial charge in [0.25, 0.3) is 0 Å². The van der Waals surface area contributed by atoms with Crippen molar-refractivity contribution in [2.45, 2.75) is 6.54 Å². The minimum Gasteiger partial charge on any atom is -0.334 e. The Labute approximate surface area is 125 Å². The predicted molar refractivity (Wildman–Crippen MR) is 81.5 cm³/mol. The molecule has 5 heteroatoms. The Hall–Kier alpha value is -1.52. The molecule has 2 amide bonds. The predicted octanol–water partition coefficient (Wildman–Crippen LogP) is 4.42. The minimum absolute atomic E-state index is 0.239. The molecule has 0 spiro atoms. The normalized spacial score (nSPS) is 10.0. The number of carbonyl (C=O) groups is 1. The van der Waals surface area contributed by atoms with Crippen molar-refractivity contribution >= 4 is 39.2 Å². The van der Waals surface area contributed by atoms with Crippen molar-refractivity contribution in [2.75, 3.05) is 5.32 Å². The maximum Gasteiger partial charge on any atom is 0.319 e. The molecule has 98 valence electrons. The van der Waals surface area contributed by atoms with E-state index in [1.54, 1.807) is 12.1 Å². The van der Waals surface area contributed by atoms with Gasteiger partial charge in [0.15, 0.2) is 0 Å². The van der Waals surface area contributed by atoms with Crippen LogP contribution in [0.5, 0.6) is 0 Å². The lowest BCUT2D eigenvalue weighted by Crippen LogP contribution is -2.28. The molecule has 0 heterocycles. The number of carbonyl (C=O) groups excluding carboxylic acids is 1. The Morgan fingerprint density at radius 2 is 1.68 bits per heavy atom. The Morgan fingerprint density at radius 3 is 2.32 bits per heavy atom. The maximum absolute atomic E-state index is 11.7. The van der Waals surface area contributed by atoms with E-state index >= 15 is 0 Å². The minimum atomic E-state index is -0.239. The van der Waals surface area contributed by atoms with Gasteiger partial charge in [0.2, 0.25) is 0 Å². The molecule has 0 saturated carbocycles. The molecule has 2 rings (SSSR count). The van der Waals surface area contributed by atoms with Gasteiger partial charge in [0.1, 0.15) is 0 Å². The number of urea groups is 1. The Bertz CT molecular complexity index is 555. The molecule has 0 aromatic heterocycles. The average molecular weight is 340 g/mol. The van der Waals surface area contributed by atoms with E-state index in [-0.39, 0.29) is 6.03 Å². The van der Waals surface area contributed by atoms with Gasteiger partial charge >= 0.3 is 6.03 Å². The molecule has 0 aliphatic carbocycles. The van der Waals surface area contributed by atoms with Crippen LogP contribution >= 0.6 is 27.5 Å². The summed E-state index contributed by atoms with van der Waals surface area (Å²) in [5.41, 5.74) is 1.74. The van der Waals surface area contributed by atoms with Gasteiger partial charge < -0.3 is 10.6 Å². The molecular weight excluding hydrogens is 328 g/mol. The van der Waals surface area contributed by atoms with Crippen LogP contribution in [0.25, 0.3) is 0 Å². The third-order valence-corrected chi connectivity index (χ3v) is 3.25. The van der Waals surface area contributed by atoms with Crippen molar-refractivity contribution < 1.29 is 4.79 Å². The molecule has 19 heavy (non-hydrogen) atoms. The van der Waals surface area contributed by atoms with Gasteiger partial charge in [0, 0.05) is 21.7 Å². The molecule has 3 nitrogen and oxygen atoms in total. The van der Waals surface area contributed by atoms with Crippen LogP contribution in [0.1, 0.15) is 5.56 Å². The first-order chi connectivity index (χ1) is 9.13. The topological polar surface area (TPSA) is 41.1 Å². The zero-order valence-corrected chi connectivity index (χ0v) is 12.3. The first-order valence-corrected chi connectivity index (χ1v) is 6.85. The van der Waals surface area contributed by atoms with Gasteiger partial charge in [-0.25, -0.2) is 4.79 Å². The molecule has 0 fully saturated rings. The monoisotopic (exact) mass is 338 g/mol. The van der Waals surface area contributed by atoms with E-state index < -0.39 is 0 Å². The standard InChI is InChI=1S/C14H12BrClN2O/c15-11-3-7-13(8-4-11)18-14(19)17-9-10-1-5-12(16)6-2-10/h1-8H,9H2,(H2,17,18,19). The van der Waals surface area contributed by atoms with Gasteiger partial charge in [-0.2, -0.15) is 0 Å². The summed E-state index contributed by atoms with van der Waals surface area (Å²) in [5, 5.41) is 6.21. The second-order valence-electron chi connectivity index (χ2n) is 3.94. The number of hydrogen-bond acceptors (Lipinski definition) is 1.